The highest BCUT2D eigenvalue weighted by Crippen LogP contribution is 2.70. The highest BCUT2D eigenvalue weighted by molar-refractivity contribution is 9.10. The van der Waals surface area contributed by atoms with Gasteiger partial charge in [0.25, 0.3) is 0 Å². The molecule has 2 unspecified atom stereocenters. The Morgan fingerprint density at radius 1 is 1.24 bits per heavy atom. The van der Waals surface area contributed by atoms with Crippen LogP contribution >= 0.6 is 27.3 Å². The minimum absolute atomic E-state index is 0.295. The van der Waals surface area contributed by atoms with Crippen LogP contribution < -0.4 is 0 Å². The van der Waals surface area contributed by atoms with Crippen LogP contribution in [0.2, 0.25) is 0 Å². The number of Topliss-reactive ketones (excluding diaryl/α,β-unsaturated/α-hetero) is 1. The van der Waals surface area contributed by atoms with Gasteiger partial charge in [-0.3, -0.25) is 4.79 Å². The van der Waals surface area contributed by atoms with Crippen molar-refractivity contribution in [3.05, 3.63) is 20.8 Å². The maximum absolute atomic E-state index is 12.8. The summed E-state index contributed by atoms with van der Waals surface area (Å²) in [5.41, 5.74) is 1.30. The lowest BCUT2D eigenvalue weighted by Gasteiger charge is -2.65. The molecule has 1 aromatic rings. The van der Waals surface area contributed by atoms with E-state index >= 15 is 0 Å². The number of hydrogen-bond acceptors (Lipinski definition) is 2. The lowest BCUT2D eigenvalue weighted by atomic mass is 9.39. The third kappa shape index (κ3) is 2.35. The fraction of sp³-hybridized carbons (Fsp3) is 0.722. The molecule has 3 heteroatoms. The molecule has 4 bridgehead atoms. The van der Waals surface area contributed by atoms with Crippen molar-refractivity contribution in [3.8, 4) is 0 Å². The van der Waals surface area contributed by atoms with Crippen LogP contribution in [0.3, 0.4) is 0 Å². The zero-order chi connectivity index (χ0) is 14.9. The fourth-order valence-corrected chi connectivity index (χ4v) is 8.33. The maximum Gasteiger partial charge on any atom is 0.174 e. The average Bonchev–Trinajstić information content (AvgIpc) is 2.69. The van der Waals surface area contributed by atoms with Crippen LogP contribution in [0.1, 0.15) is 68.5 Å². The number of carbonyl (C=O) groups is 1. The Morgan fingerprint density at radius 2 is 1.90 bits per heavy atom. The monoisotopic (exact) mass is 366 g/mol. The lowest BCUT2D eigenvalue weighted by molar-refractivity contribution is -0.143. The second kappa shape index (κ2) is 4.44. The second-order valence-corrected chi connectivity index (χ2v) is 10.6. The van der Waals surface area contributed by atoms with E-state index in [0.29, 0.717) is 22.0 Å². The quantitative estimate of drug-likeness (QED) is 0.592. The summed E-state index contributed by atoms with van der Waals surface area (Å²) >= 11 is 5.12. The third-order valence-corrected chi connectivity index (χ3v) is 8.03. The van der Waals surface area contributed by atoms with Gasteiger partial charge in [-0.15, -0.1) is 11.3 Å². The summed E-state index contributed by atoms with van der Waals surface area (Å²) in [6.45, 7) is 4.96. The van der Waals surface area contributed by atoms with Crippen LogP contribution in [-0.2, 0) is 0 Å². The molecule has 0 aliphatic heterocycles. The first-order valence-corrected chi connectivity index (χ1v) is 9.74. The highest BCUT2D eigenvalue weighted by Gasteiger charge is 2.60. The molecule has 4 fully saturated rings. The SMILES string of the molecule is CC12CC3CC(C)(C1)CC(CC(=O)c1sccc1Br)(C3)C2. The van der Waals surface area contributed by atoms with E-state index in [9.17, 15) is 4.79 Å². The molecule has 0 saturated heterocycles. The zero-order valence-electron chi connectivity index (χ0n) is 12.9. The summed E-state index contributed by atoms with van der Waals surface area (Å²) in [6.07, 6.45) is 8.82. The summed E-state index contributed by atoms with van der Waals surface area (Å²) < 4.78 is 0.986. The number of ketones is 1. The number of halogens is 1. The topological polar surface area (TPSA) is 17.1 Å². The van der Waals surface area contributed by atoms with E-state index in [0.717, 1.165) is 21.7 Å². The maximum atomic E-state index is 12.8. The van der Waals surface area contributed by atoms with E-state index < -0.39 is 0 Å². The molecular formula is C18H23BrOS. The molecule has 1 aromatic heterocycles. The molecule has 114 valence electrons. The molecule has 0 N–H and O–H groups in total. The smallest absolute Gasteiger partial charge is 0.174 e. The van der Waals surface area contributed by atoms with Crippen molar-refractivity contribution in [2.24, 2.45) is 22.2 Å². The van der Waals surface area contributed by atoms with Gasteiger partial charge in [0.1, 0.15) is 0 Å². The van der Waals surface area contributed by atoms with Gasteiger partial charge in [-0.25, -0.2) is 0 Å². The Hall–Kier alpha value is -0.150. The van der Waals surface area contributed by atoms with Crippen molar-refractivity contribution in [3.63, 3.8) is 0 Å². The van der Waals surface area contributed by atoms with E-state index in [1.165, 1.54) is 38.5 Å². The fourth-order valence-electron chi connectivity index (χ4n) is 6.79. The van der Waals surface area contributed by atoms with Gasteiger partial charge in [-0.1, -0.05) is 13.8 Å². The van der Waals surface area contributed by atoms with Crippen LogP contribution in [0, 0.1) is 22.2 Å². The Balaban J connectivity index is 1.63. The molecule has 4 saturated carbocycles. The standard InChI is InChI=1S/C18H23BrOS/c1-16-5-12-6-17(2,9-16)11-18(7-12,10-16)8-14(20)15-13(19)3-4-21-15/h3-4,12H,5-11H2,1-2H3. The minimum Gasteiger partial charge on any atom is -0.293 e. The van der Waals surface area contributed by atoms with Gasteiger partial charge >= 0.3 is 0 Å². The molecule has 0 spiro atoms. The molecule has 2 atom stereocenters. The van der Waals surface area contributed by atoms with Crippen LogP contribution in [0.15, 0.2) is 15.9 Å². The first kappa shape index (κ1) is 14.4. The van der Waals surface area contributed by atoms with Crippen molar-refractivity contribution in [1.29, 1.82) is 0 Å². The molecule has 4 aliphatic carbocycles. The van der Waals surface area contributed by atoms with Crippen LogP contribution in [0.25, 0.3) is 0 Å². The summed E-state index contributed by atoms with van der Waals surface area (Å²) in [7, 11) is 0. The van der Waals surface area contributed by atoms with E-state index in [1.807, 2.05) is 11.4 Å². The molecule has 4 aliphatic rings. The van der Waals surface area contributed by atoms with Gasteiger partial charge in [-0.2, -0.15) is 0 Å². The van der Waals surface area contributed by atoms with Crippen molar-refractivity contribution in [1.82, 2.24) is 0 Å². The molecule has 5 rings (SSSR count). The molecule has 1 heterocycles. The normalized spacial score (nSPS) is 44.2. The molecule has 0 aromatic carbocycles. The lowest BCUT2D eigenvalue weighted by Crippen LogP contribution is -2.55. The zero-order valence-corrected chi connectivity index (χ0v) is 15.3. The predicted molar refractivity (Wildman–Crippen MR) is 90.8 cm³/mol. The molecule has 0 amide bonds. The summed E-state index contributed by atoms with van der Waals surface area (Å²) in [6, 6.07) is 2.00. The number of rotatable bonds is 3. The number of thiophene rings is 1. The number of carbonyl (C=O) groups excluding carboxylic acids is 1. The van der Waals surface area contributed by atoms with Gasteiger partial charge in [-0.05, 0) is 88.1 Å². The highest BCUT2D eigenvalue weighted by atomic mass is 79.9. The van der Waals surface area contributed by atoms with Crippen molar-refractivity contribution in [2.45, 2.75) is 58.8 Å². The number of hydrogen-bond donors (Lipinski definition) is 0. The van der Waals surface area contributed by atoms with E-state index in [2.05, 4.69) is 29.8 Å². The Labute approximate surface area is 139 Å². The molecular weight excluding hydrogens is 344 g/mol. The average molecular weight is 367 g/mol. The molecule has 21 heavy (non-hydrogen) atoms. The van der Waals surface area contributed by atoms with Crippen molar-refractivity contribution in [2.75, 3.05) is 0 Å². The van der Waals surface area contributed by atoms with Gasteiger partial charge in [0.05, 0.1) is 4.88 Å². The van der Waals surface area contributed by atoms with Crippen LogP contribution in [0.5, 0.6) is 0 Å². The van der Waals surface area contributed by atoms with Crippen molar-refractivity contribution < 1.29 is 4.79 Å². The summed E-state index contributed by atoms with van der Waals surface area (Å²) in [5.74, 6) is 1.24. The van der Waals surface area contributed by atoms with Gasteiger partial charge in [0, 0.05) is 10.9 Å². The third-order valence-electron chi connectivity index (χ3n) is 6.15. The molecule has 1 nitrogen and oxygen atoms in total. The van der Waals surface area contributed by atoms with E-state index in [-0.39, 0.29) is 0 Å². The summed E-state index contributed by atoms with van der Waals surface area (Å²) in [4.78, 5) is 13.7. The Bertz CT molecular complexity index is 586. The van der Waals surface area contributed by atoms with Gasteiger partial charge in [0.2, 0.25) is 0 Å². The Morgan fingerprint density at radius 3 is 2.43 bits per heavy atom. The van der Waals surface area contributed by atoms with Crippen LogP contribution in [0.4, 0.5) is 0 Å². The van der Waals surface area contributed by atoms with Crippen LogP contribution in [-0.4, -0.2) is 5.78 Å². The Kier molecular flexibility index (Phi) is 3.05. The largest absolute Gasteiger partial charge is 0.293 e. The minimum atomic E-state index is 0.295. The molecule has 0 radical (unpaired) electrons. The van der Waals surface area contributed by atoms with E-state index in [1.54, 1.807) is 11.3 Å². The first-order valence-electron chi connectivity index (χ1n) is 8.07. The van der Waals surface area contributed by atoms with E-state index in [4.69, 9.17) is 0 Å². The second-order valence-electron chi connectivity index (χ2n) is 8.83. The summed E-state index contributed by atoms with van der Waals surface area (Å²) in [5, 5.41) is 2.01. The van der Waals surface area contributed by atoms with Gasteiger partial charge < -0.3 is 0 Å². The van der Waals surface area contributed by atoms with Gasteiger partial charge in [0.15, 0.2) is 5.78 Å². The predicted octanol–water partition coefficient (Wildman–Crippen LogP) is 6.08. The van der Waals surface area contributed by atoms with Crippen molar-refractivity contribution >= 4 is 33.0 Å². The first-order chi connectivity index (χ1) is 9.81.